The lowest BCUT2D eigenvalue weighted by Crippen LogP contribution is -2.12. The average molecular weight is 196 g/mol. The zero-order valence-corrected chi connectivity index (χ0v) is 10.2. The first-order chi connectivity index (χ1) is 6.44. The van der Waals surface area contributed by atoms with E-state index in [1.165, 1.54) is 5.57 Å². The molecule has 1 nitrogen and oxygen atoms in total. The predicted molar refractivity (Wildman–Crippen MR) is 63.3 cm³/mol. The van der Waals surface area contributed by atoms with Gasteiger partial charge in [-0.15, -0.1) is 0 Å². The average Bonchev–Trinajstić information content (AvgIpc) is 2.11. The van der Waals surface area contributed by atoms with Crippen LogP contribution in [0.3, 0.4) is 0 Å². The number of aliphatic hydroxyl groups is 1. The van der Waals surface area contributed by atoms with Crippen molar-refractivity contribution in [2.24, 2.45) is 5.41 Å². The summed E-state index contributed by atoms with van der Waals surface area (Å²) < 4.78 is 0. The first kappa shape index (κ1) is 13.4. The lowest BCUT2D eigenvalue weighted by Gasteiger charge is -2.24. The molecular formula is C13H24O. The standard InChI is InChI=1S/C13H24O/c1-6-8-12(10-9-11(3)14)13(4,5)7-2/h8-11,14H,6-7H2,1-5H3. The van der Waals surface area contributed by atoms with Crippen LogP contribution in [0.1, 0.15) is 47.5 Å². The summed E-state index contributed by atoms with van der Waals surface area (Å²) >= 11 is 0. The van der Waals surface area contributed by atoms with Gasteiger partial charge in [-0.25, -0.2) is 0 Å². The molecule has 82 valence electrons. The zero-order chi connectivity index (χ0) is 11.2. The molecule has 1 heteroatoms. The molecule has 0 heterocycles. The second-order valence-electron chi connectivity index (χ2n) is 4.40. The van der Waals surface area contributed by atoms with Gasteiger partial charge < -0.3 is 5.11 Å². The van der Waals surface area contributed by atoms with Crippen LogP contribution in [-0.4, -0.2) is 11.2 Å². The van der Waals surface area contributed by atoms with Crippen LogP contribution in [0.15, 0.2) is 23.8 Å². The van der Waals surface area contributed by atoms with Crippen molar-refractivity contribution in [2.45, 2.75) is 53.6 Å². The summed E-state index contributed by atoms with van der Waals surface area (Å²) in [4.78, 5) is 0. The van der Waals surface area contributed by atoms with Crippen molar-refractivity contribution < 1.29 is 5.11 Å². The molecule has 0 aromatic carbocycles. The highest BCUT2D eigenvalue weighted by molar-refractivity contribution is 5.25. The molecule has 0 aliphatic heterocycles. The van der Waals surface area contributed by atoms with Gasteiger partial charge in [-0.05, 0) is 30.8 Å². The van der Waals surface area contributed by atoms with Gasteiger partial charge in [0.25, 0.3) is 0 Å². The molecule has 0 amide bonds. The number of allylic oxidation sites excluding steroid dienone is 3. The summed E-state index contributed by atoms with van der Waals surface area (Å²) in [7, 11) is 0. The van der Waals surface area contributed by atoms with Gasteiger partial charge in [-0.3, -0.25) is 0 Å². The fourth-order valence-electron chi connectivity index (χ4n) is 1.24. The second kappa shape index (κ2) is 6.02. The van der Waals surface area contributed by atoms with Crippen LogP contribution in [0.25, 0.3) is 0 Å². The van der Waals surface area contributed by atoms with Crippen molar-refractivity contribution in [3.8, 4) is 0 Å². The highest BCUT2D eigenvalue weighted by Gasteiger charge is 2.18. The van der Waals surface area contributed by atoms with Crippen molar-refractivity contribution in [1.82, 2.24) is 0 Å². The Hall–Kier alpha value is -0.560. The maximum absolute atomic E-state index is 9.19. The summed E-state index contributed by atoms with van der Waals surface area (Å²) in [5.74, 6) is 0. The Bertz CT molecular complexity index is 209. The van der Waals surface area contributed by atoms with E-state index >= 15 is 0 Å². The van der Waals surface area contributed by atoms with Gasteiger partial charge in [0, 0.05) is 0 Å². The third-order valence-corrected chi connectivity index (χ3v) is 2.64. The molecule has 0 rings (SSSR count). The molecule has 0 aromatic heterocycles. The molecule has 0 radical (unpaired) electrons. The lowest BCUT2D eigenvalue weighted by atomic mass is 9.81. The van der Waals surface area contributed by atoms with Crippen LogP contribution >= 0.6 is 0 Å². The van der Waals surface area contributed by atoms with E-state index in [9.17, 15) is 5.11 Å². The number of hydrogen-bond donors (Lipinski definition) is 1. The molecule has 0 spiro atoms. The summed E-state index contributed by atoms with van der Waals surface area (Å²) in [6.07, 6.45) is 7.94. The van der Waals surface area contributed by atoms with E-state index in [0.717, 1.165) is 12.8 Å². The fraction of sp³-hybridized carbons (Fsp3) is 0.692. The van der Waals surface area contributed by atoms with Gasteiger partial charge in [0.05, 0.1) is 6.10 Å². The molecule has 0 saturated carbocycles. The molecule has 1 atom stereocenters. The van der Waals surface area contributed by atoms with Crippen LogP contribution in [-0.2, 0) is 0 Å². The van der Waals surface area contributed by atoms with Crippen molar-refractivity contribution in [2.75, 3.05) is 0 Å². The molecule has 14 heavy (non-hydrogen) atoms. The maximum atomic E-state index is 9.19. The number of rotatable bonds is 5. The highest BCUT2D eigenvalue weighted by atomic mass is 16.3. The minimum Gasteiger partial charge on any atom is -0.389 e. The van der Waals surface area contributed by atoms with Gasteiger partial charge in [0.1, 0.15) is 0 Å². The SMILES string of the molecule is CCC=C(C=CC(C)O)C(C)(C)CC. The molecule has 0 fully saturated rings. The van der Waals surface area contributed by atoms with Crippen LogP contribution < -0.4 is 0 Å². The highest BCUT2D eigenvalue weighted by Crippen LogP contribution is 2.31. The molecule has 0 aromatic rings. The second-order valence-corrected chi connectivity index (χ2v) is 4.40. The smallest absolute Gasteiger partial charge is 0.0695 e. The first-order valence-corrected chi connectivity index (χ1v) is 5.51. The van der Waals surface area contributed by atoms with Crippen LogP contribution in [0.4, 0.5) is 0 Å². The van der Waals surface area contributed by atoms with E-state index < -0.39 is 0 Å². The zero-order valence-electron chi connectivity index (χ0n) is 10.2. The van der Waals surface area contributed by atoms with E-state index in [2.05, 4.69) is 39.8 Å². The Morgan fingerprint density at radius 3 is 2.29 bits per heavy atom. The van der Waals surface area contributed by atoms with E-state index in [-0.39, 0.29) is 11.5 Å². The monoisotopic (exact) mass is 196 g/mol. The quantitative estimate of drug-likeness (QED) is 0.665. The summed E-state index contributed by atoms with van der Waals surface area (Å²) in [5.41, 5.74) is 1.53. The minimum atomic E-state index is -0.358. The van der Waals surface area contributed by atoms with E-state index in [1.54, 1.807) is 6.92 Å². The van der Waals surface area contributed by atoms with Crippen LogP contribution in [0.5, 0.6) is 0 Å². The van der Waals surface area contributed by atoms with Crippen molar-refractivity contribution in [3.63, 3.8) is 0 Å². The van der Waals surface area contributed by atoms with Gasteiger partial charge >= 0.3 is 0 Å². The van der Waals surface area contributed by atoms with Crippen molar-refractivity contribution in [1.29, 1.82) is 0 Å². The van der Waals surface area contributed by atoms with Gasteiger partial charge in [-0.1, -0.05) is 45.9 Å². The van der Waals surface area contributed by atoms with Gasteiger partial charge in [0.15, 0.2) is 0 Å². The maximum Gasteiger partial charge on any atom is 0.0695 e. The Kier molecular flexibility index (Phi) is 5.78. The summed E-state index contributed by atoms with van der Waals surface area (Å²) in [6.45, 7) is 10.6. The third kappa shape index (κ3) is 4.61. The van der Waals surface area contributed by atoms with Crippen molar-refractivity contribution in [3.05, 3.63) is 23.8 Å². The molecule has 0 aliphatic carbocycles. The third-order valence-electron chi connectivity index (χ3n) is 2.64. The normalized spacial score (nSPS) is 16.3. The summed E-state index contributed by atoms with van der Waals surface area (Å²) in [5, 5.41) is 9.19. The Morgan fingerprint density at radius 1 is 1.36 bits per heavy atom. The number of hydrogen-bond acceptors (Lipinski definition) is 1. The fourth-order valence-corrected chi connectivity index (χ4v) is 1.24. The van der Waals surface area contributed by atoms with E-state index in [4.69, 9.17) is 0 Å². The van der Waals surface area contributed by atoms with Crippen LogP contribution in [0.2, 0.25) is 0 Å². The Balaban J connectivity index is 4.70. The largest absolute Gasteiger partial charge is 0.389 e. The topological polar surface area (TPSA) is 20.2 Å². The van der Waals surface area contributed by atoms with E-state index in [1.807, 2.05) is 6.08 Å². The molecule has 1 unspecified atom stereocenters. The molecular weight excluding hydrogens is 172 g/mol. The molecule has 0 bridgehead atoms. The summed E-state index contributed by atoms with van der Waals surface area (Å²) in [6, 6.07) is 0. The first-order valence-electron chi connectivity index (χ1n) is 5.51. The Morgan fingerprint density at radius 2 is 1.93 bits per heavy atom. The molecule has 0 saturated heterocycles. The lowest BCUT2D eigenvalue weighted by molar-refractivity contribution is 0.244. The van der Waals surface area contributed by atoms with Crippen molar-refractivity contribution >= 4 is 0 Å². The molecule has 0 aliphatic rings. The minimum absolute atomic E-state index is 0.210. The Labute approximate surface area is 88.5 Å². The van der Waals surface area contributed by atoms with Gasteiger partial charge in [-0.2, -0.15) is 0 Å². The number of aliphatic hydroxyl groups excluding tert-OH is 1. The van der Waals surface area contributed by atoms with E-state index in [0.29, 0.717) is 0 Å². The molecule has 1 N–H and O–H groups in total. The van der Waals surface area contributed by atoms with Gasteiger partial charge in [0.2, 0.25) is 0 Å². The van der Waals surface area contributed by atoms with Crippen LogP contribution in [0, 0.1) is 5.41 Å². The predicted octanol–water partition coefficient (Wildman–Crippen LogP) is 3.70.